The van der Waals surface area contributed by atoms with Gasteiger partial charge in [0.2, 0.25) is 0 Å². The van der Waals surface area contributed by atoms with E-state index in [9.17, 15) is 4.79 Å². The molecule has 4 rings (SSSR count). The zero-order chi connectivity index (χ0) is 19.5. The molecule has 0 aliphatic carbocycles. The van der Waals surface area contributed by atoms with Gasteiger partial charge < -0.3 is 20.1 Å². The van der Waals surface area contributed by atoms with Crippen LogP contribution in [-0.2, 0) is 6.42 Å². The van der Waals surface area contributed by atoms with Crippen LogP contribution in [0.5, 0.6) is 0 Å². The lowest BCUT2D eigenvalue weighted by molar-refractivity contribution is 0.0939. The number of aromatic amines is 1. The average Bonchev–Trinajstić information content (AvgIpc) is 3.36. The summed E-state index contributed by atoms with van der Waals surface area (Å²) in [5.41, 5.74) is 2.38. The molecule has 7 heteroatoms. The molecule has 1 aliphatic rings. The number of H-pyrrole nitrogens is 1. The Morgan fingerprint density at radius 1 is 1.29 bits per heavy atom. The normalized spacial score (nSPS) is 16.4. The van der Waals surface area contributed by atoms with Crippen molar-refractivity contribution in [1.82, 2.24) is 20.2 Å². The highest BCUT2D eigenvalue weighted by molar-refractivity contribution is 7.17. The minimum absolute atomic E-state index is 0.0235. The van der Waals surface area contributed by atoms with Gasteiger partial charge in [-0.2, -0.15) is 0 Å². The summed E-state index contributed by atoms with van der Waals surface area (Å²) < 4.78 is 0. The molecule has 1 atom stereocenters. The third-order valence-electron chi connectivity index (χ3n) is 5.46. The number of nitrogens with one attached hydrogen (secondary N) is 2. The summed E-state index contributed by atoms with van der Waals surface area (Å²) in [7, 11) is 2.14. The van der Waals surface area contributed by atoms with Gasteiger partial charge in [-0.25, -0.2) is 4.98 Å². The zero-order valence-electron chi connectivity index (χ0n) is 16.4. The summed E-state index contributed by atoms with van der Waals surface area (Å²) in [6.45, 7) is 6.10. The lowest BCUT2D eigenvalue weighted by Crippen LogP contribution is -2.44. The first-order valence-corrected chi connectivity index (χ1v) is 10.7. The number of thiazole rings is 1. The first-order valence-electron chi connectivity index (χ1n) is 9.89. The monoisotopic (exact) mass is 397 g/mol. The molecule has 1 aliphatic heterocycles. The topological polar surface area (TPSA) is 64.3 Å². The third-order valence-corrected chi connectivity index (χ3v) is 6.52. The maximum absolute atomic E-state index is 12.8. The number of benzene rings is 1. The van der Waals surface area contributed by atoms with Crippen molar-refractivity contribution in [3.63, 3.8) is 0 Å². The van der Waals surface area contributed by atoms with Crippen molar-refractivity contribution in [3.8, 4) is 0 Å². The number of rotatable bonds is 6. The van der Waals surface area contributed by atoms with Gasteiger partial charge in [0.1, 0.15) is 4.88 Å². The molecule has 3 aromatic rings. The maximum Gasteiger partial charge on any atom is 0.263 e. The summed E-state index contributed by atoms with van der Waals surface area (Å²) in [5.74, 6) is -0.0235. The molecular weight excluding hydrogens is 370 g/mol. The van der Waals surface area contributed by atoms with Crippen LogP contribution in [0.25, 0.3) is 10.9 Å². The van der Waals surface area contributed by atoms with Crippen LogP contribution in [0.15, 0.2) is 36.7 Å². The first kappa shape index (κ1) is 19.0. The molecule has 1 aromatic carbocycles. The van der Waals surface area contributed by atoms with Crippen molar-refractivity contribution in [2.75, 3.05) is 38.1 Å². The van der Waals surface area contributed by atoms with Gasteiger partial charge in [0.05, 0.1) is 6.20 Å². The second kappa shape index (κ2) is 8.32. The van der Waals surface area contributed by atoms with Gasteiger partial charge in [0.15, 0.2) is 5.13 Å². The smallest absolute Gasteiger partial charge is 0.263 e. The van der Waals surface area contributed by atoms with Gasteiger partial charge in [0, 0.05) is 49.3 Å². The number of hydrogen-bond acceptors (Lipinski definition) is 5. The number of hydrogen-bond donors (Lipinski definition) is 2. The molecule has 1 fully saturated rings. The molecule has 28 heavy (non-hydrogen) atoms. The molecule has 2 aromatic heterocycles. The highest BCUT2D eigenvalue weighted by Gasteiger charge is 2.20. The number of amides is 1. The second-order valence-electron chi connectivity index (χ2n) is 7.44. The Morgan fingerprint density at radius 2 is 2.07 bits per heavy atom. The van der Waals surface area contributed by atoms with Crippen molar-refractivity contribution >= 4 is 33.3 Å². The quantitative estimate of drug-likeness (QED) is 0.671. The number of piperazine rings is 1. The summed E-state index contributed by atoms with van der Waals surface area (Å²) in [5, 5.41) is 5.37. The predicted octanol–water partition coefficient (Wildman–Crippen LogP) is 3.13. The molecule has 0 radical (unpaired) electrons. The molecule has 3 heterocycles. The van der Waals surface area contributed by atoms with Crippen LogP contribution in [0, 0.1) is 0 Å². The summed E-state index contributed by atoms with van der Waals surface area (Å²) in [6.07, 6.45) is 5.47. The van der Waals surface area contributed by atoms with Gasteiger partial charge in [0.25, 0.3) is 5.91 Å². The predicted molar refractivity (Wildman–Crippen MR) is 115 cm³/mol. The number of likely N-dealkylation sites (N-methyl/N-ethyl adjacent to an activating group) is 1. The maximum atomic E-state index is 12.8. The fraction of sp³-hybridized carbons (Fsp3) is 0.429. The number of fused-ring (bicyclic) bond motifs is 1. The summed E-state index contributed by atoms with van der Waals surface area (Å²) in [6, 6.07) is 8.39. The van der Waals surface area contributed by atoms with Crippen LogP contribution >= 0.6 is 11.3 Å². The molecule has 0 bridgehead atoms. The number of nitrogens with zero attached hydrogens (tertiary/aromatic N) is 3. The van der Waals surface area contributed by atoms with E-state index in [1.165, 1.54) is 22.3 Å². The van der Waals surface area contributed by atoms with E-state index < -0.39 is 0 Å². The Hall–Kier alpha value is -2.38. The van der Waals surface area contributed by atoms with E-state index in [1.54, 1.807) is 6.20 Å². The van der Waals surface area contributed by atoms with Gasteiger partial charge >= 0.3 is 0 Å². The number of anilines is 1. The van der Waals surface area contributed by atoms with Crippen molar-refractivity contribution in [1.29, 1.82) is 0 Å². The van der Waals surface area contributed by atoms with Crippen LogP contribution in [0.3, 0.4) is 0 Å². The molecule has 1 unspecified atom stereocenters. The van der Waals surface area contributed by atoms with Gasteiger partial charge in [-0.05, 0) is 31.5 Å². The minimum Gasteiger partial charge on any atom is -0.361 e. The highest BCUT2D eigenvalue weighted by atomic mass is 32.1. The van der Waals surface area contributed by atoms with Crippen LogP contribution in [0.1, 0.15) is 28.6 Å². The van der Waals surface area contributed by atoms with Crippen LogP contribution in [0.2, 0.25) is 0 Å². The molecule has 6 nitrogen and oxygen atoms in total. The standard InChI is InChI=1S/C21H27N5OS/c1-3-16(12-15-13-22-18-7-5-4-6-17(15)18)24-20(27)19-14-23-21(28-19)26-10-8-25(2)9-11-26/h4-7,13-14,16,22H,3,8-12H2,1-2H3,(H,24,27). The van der Waals surface area contributed by atoms with Crippen LogP contribution < -0.4 is 10.2 Å². The first-order chi connectivity index (χ1) is 13.6. The molecular formula is C21H27N5OS. The number of para-hydroxylation sites is 1. The van der Waals surface area contributed by atoms with Crippen LogP contribution in [0.4, 0.5) is 5.13 Å². The van der Waals surface area contributed by atoms with Crippen molar-refractivity contribution < 1.29 is 4.79 Å². The zero-order valence-corrected chi connectivity index (χ0v) is 17.3. The SMILES string of the molecule is CCC(Cc1c[nH]c2ccccc12)NC(=O)c1cnc(N2CCN(C)CC2)s1. The molecule has 148 valence electrons. The highest BCUT2D eigenvalue weighted by Crippen LogP contribution is 2.24. The Morgan fingerprint density at radius 3 is 2.86 bits per heavy atom. The molecule has 0 spiro atoms. The largest absolute Gasteiger partial charge is 0.361 e. The average molecular weight is 398 g/mol. The lowest BCUT2D eigenvalue weighted by atomic mass is 10.0. The molecule has 1 saturated heterocycles. The van der Waals surface area contributed by atoms with Gasteiger partial charge in [-0.15, -0.1) is 0 Å². The van der Waals surface area contributed by atoms with Gasteiger partial charge in [-0.1, -0.05) is 36.5 Å². The van der Waals surface area contributed by atoms with E-state index in [0.29, 0.717) is 4.88 Å². The lowest BCUT2D eigenvalue weighted by Gasteiger charge is -2.32. The molecule has 2 N–H and O–H groups in total. The Labute approximate surface area is 169 Å². The minimum atomic E-state index is -0.0235. The molecule has 0 saturated carbocycles. The van der Waals surface area contributed by atoms with Crippen molar-refractivity contribution in [2.24, 2.45) is 0 Å². The number of carbonyl (C=O) groups excluding carboxylic acids is 1. The van der Waals surface area contributed by atoms with E-state index in [1.807, 2.05) is 6.07 Å². The summed E-state index contributed by atoms with van der Waals surface area (Å²) in [4.78, 5) is 25.9. The number of aromatic nitrogens is 2. The molecule has 1 amide bonds. The van der Waals surface area contributed by atoms with E-state index in [2.05, 4.69) is 63.5 Å². The van der Waals surface area contributed by atoms with Crippen LogP contribution in [-0.4, -0.2) is 60.0 Å². The Kier molecular flexibility index (Phi) is 5.64. The van der Waals surface area contributed by atoms with E-state index >= 15 is 0 Å². The van der Waals surface area contributed by atoms with Crippen molar-refractivity contribution in [3.05, 3.63) is 47.1 Å². The van der Waals surface area contributed by atoms with E-state index in [-0.39, 0.29) is 11.9 Å². The third kappa shape index (κ3) is 4.05. The van der Waals surface area contributed by atoms with Crippen molar-refractivity contribution in [2.45, 2.75) is 25.8 Å². The Bertz CT molecular complexity index is 941. The number of carbonyl (C=O) groups is 1. The summed E-state index contributed by atoms with van der Waals surface area (Å²) >= 11 is 1.49. The fourth-order valence-corrected chi connectivity index (χ4v) is 4.50. The van der Waals surface area contributed by atoms with E-state index in [4.69, 9.17) is 0 Å². The van der Waals surface area contributed by atoms with Gasteiger partial charge in [-0.3, -0.25) is 4.79 Å². The fourth-order valence-electron chi connectivity index (χ4n) is 3.63. The van der Waals surface area contributed by atoms with E-state index in [0.717, 1.165) is 49.7 Å². The Balaban J connectivity index is 1.40. The second-order valence-corrected chi connectivity index (χ2v) is 8.45.